The van der Waals surface area contributed by atoms with Crippen LogP contribution >= 0.6 is 11.6 Å². The van der Waals surface area contributed by atoms with Gasteiger partial charge in [0, 0.05) is 56.0 Å². The first-order valence-corrected chi connectivity index (χ1v) is 16.3. The van der Waals surface area contributed by atoms with Crippen LogP contribution in [0.1, 0.15) is 52.0 Å². The largest absolute Gasteiger partial charge is 0.481 e. The van der Waals surface area contributed by atoms with Gasteiger partial charge in [-0.25, -0.2) is 9.97 Å². The van der Waals surface area contributed by atoms with E-state index in [0.717, 1.165) is 45.6 Å². The second kappa shape index (κ2) is 12.5. The number of amides is 1. The number of rotatable bonds is 7. The van der Waals surface area contributed by atoms with Gasteiger partial charge in [0.2, 0.25) is 5.89 Å². The summed E-state index contributed by atoms with van der Waals surface area (Å²) in [6.45, 7) is 6.37. The fourth-order valence-corrected chi connectivity index (χ4v) is 7.09. The predicted octanol–water partition coefficient (Wildman–Crippen LogP) is 5.92. The van der Waals surface area contributed by atoms with Crippen molar-refractivity contribution < 1.29 is 19.1 Å². The van der Waals surface area contributed by atoms with E-state index in [2.05, 4.69) is 33.5 Å². The Hall–Kier alpha value is -5.02. The van der Waals surface area contributed by atoms with Crippen molar-refractivity contribution in [2.45, 2.75) is 45.8 Å². The maximum Gasteiger partial charge on any atom is 0.307 e. The zero-order chi connectivity index (χ0) is 33.7. The number of nitrogens with one attached hydrogen (secondary N) is 2. The number of carboxylic acid groups (broad SMARTS) is 1. The fraction of sp³-hybridized carbons (Fsp3) is 0.306. The molecule has 7 rings (SSSR count). The number of aliphatic carboxylic acids is 1. The van der Waals surface area contributed by atoms with E-state index < -0.39 is 5.97 Å². The Kier molecular flexibility index (Phi) is 8.25. The summed E-state index contributed by atoms with van der Waals surface area (Å²) in [5.41, 5.74) is 7.77. The molecule has 0 radical (unpaired) electrons. The number of fused-ring (bicyclic) bond motifs is 2. The first-order chi connectivity index (χ1) is 23.1. The van der Waals surface area contributed by atoms with Crippen LogP contribution in [0.3, 0.4) is 0 Å². The molecule has 2 atom stereocenters. The van der Waals surface area contributed by atoms with Crippen LogP contribution < -0.4 is 10.6 Å². The third-order valence-corrected chi connectivity index (χ3v) is 9.82. The highest BCUT2D eigenvalue weighted by Gasteiger charge is 2.29. The van der Waals surface area contributed by atoms with Gasteiger partial charge in [0.1, 0.15) is 11.6 Å². The number of nitriles is 1. The number of anilines is 1. The van der Waals surface area contributed by atoms with Gasteiger partial charge in [-0.15, -0.1) is 0 Å². The van der Waals surface area contributed by atoms with Gasteiger partial charge in [0.25, 0.3) is 5.91 Å². The van der Waals surface area contributed by atoms with Crippen LogP contribution in [0.25, 0.3) is 33.7 Å². The molecule has 1 saturated heterocycles. The first-order valence-electron chi connectivity index (χ1n) is 15.9. The summed E-state index contributed by atoms with van der Waals surface area (Å²) >= 11 is 6.96. The van der Waals surface area contributed by atoms with E-state index in [4.69, 9.17) is 21.0 Å². The average molecular weight is 664 g/mol. The molecule has 1 amide bonds. The minimum absolute atomic E-state index is 0.310. The average Bonchev–Trinajstić information content (AvgIpc) is 3.80. The zero-order valence-corrected chi connectivity index (χ0v) is 27.6. The quantitative estimate of drug-likeness (QED) is 0.193. The number of likely N-dealkylation sites (tertiary alicyclic amines) is 1. The Labute approximate surface area is 282 Å². The number of hydrogen-bond donors (Lipinski definition) is 3. The minimum Gasteiger partial charge on any atom is -0.481 e. The summed E-state index contributed by atoms with van der Waals surface area (Å²) in [7, 11) is 1.86. The van der Waals surface area contributed by atoms with Crippen LogP contribution in [0.2, 0.25) is 5.02 Å². The Morgan fingerprint density at radius 2 is 1.94 bits per heavy atom. The van der Waals surface area contributed by atoms with Crippen molar-refractivity contribution in [2.75, 3.05) is 18.4 Å². The lowest BCUT2D eigenvalue weighted by molar-refractivity contribution is -0.141. The SMILES string of the molecule is Cc1c(-c2nc3cc(CN4CC[C@@H](C(=O)O)C4)cc(C#N)c3o2)cccc1-c1cccc(NC(=O)c2nc3c(n2C)CC(C)NC3)c1Cl. The Bertz CT molecular complexity index is 2150. The predicted molar refractivity (Wildman–Crippen MR) is 182 cm³/mol. The van der Waals surface area contributed by atoms with Gasteiger partial charge in [-0.2, -0.15) is 5.26 Å². The number of hydrogen-bond acceptors (Lipinski definition) is 8. The van der Waals surface area contributed by atoms with Gasteiger partial charge in [-0.3, -0.25) is 14.5 Å². The summed E-state index contributed by atoms with van der Waals surface area (Å²) in [4.78, 5) is 36.3. The van der Waals surface area contributed by atoms with Crippen molar-refractivity contribution >= 4 is 40.3 Å². The first kappa shape index (κ1) is 31.6. The van der Waals surface area contributed by atoms with E-state index >= 15 is 0 Å². The molecule has 0 saturated carbocycles. The van der Waals surface area contributed by atoms with Crippen LogP contribution in [0.4, 0.5) is 5.69 Å². The lowest BCUT2D eigenvalue weighted by Gasteiger charge is -2.20. The van der Waals surface area contributed by atoms with Gasteiger partial charge in [0.15, 0.2) is 11.4 Å². The summed E-state index contributed by atoms with van der Waals surface area (Å²) in [6.07, 6.45) is 1.40. The number of oxazole rings is 1. The standard InChI is InChI=1S/C36H34ClN7O4/c1-19-12-30-29(16-39-19)40-33(43(30)3)34(45)41-27-9-5-8-26(31(27)37)24-6-4-7-25(20(24)2)35-42-28-14-21(13-23(15-38)32(28)48-35)17-44-11-10-22(18-44)36(46)47/h4-9,13-14,19,22,39H,10-12,16-18H2,1-3H3,(H,41,45)(H,46,47)/t19?,22-/m1/s1. The molecule has 4 heterocycles. The topological polar surface area (TPSA) is 149 Å². The smallest absolute Gasteiger partial charge is 0.307 e. The van der Waals surface area contributed by atoms with Crippen LogP contribution in [0, 0.1) is 24.2 Å². The summed E-state index contributed by atoms with van der Waals surface area (Å²) < 4.78 is 8.06. The molecule has 1 fully saturated rings. The molecular formula is C36H34ClN7O4. The molecule has 12 heteroatoms. The minimum atomic E-state index is -0.780. The fourth-order valence-electron chi connectivity index (χ4n) is 6.81. The van der Waals surface area contributed by atoms with Crippen LogP contribution in [-0.4, -0.2) is 55.5 Å². The lowest BCUT2D eigenvalue weighted by Crippen LogP contribution is -2.33. The number of benzene rings is 3. The molecule has 0 bridgehead atoms. The van der Waals surface area contributed by atoms with Crippen LogP contribution in [0.5, 0.6) is 0 Å². The maximum atomic E-state index is 13.4. The maximum absolute atomic E-state index is 13.4. The van der Waals surface area contributed by atoms with E-state index in [1.807, 2.05) is 54.9 Å². The van der Waals surface area contributed by atoms with Gasteiger partial charge >= 0.3 is 5.97 Å². The number of carbonyl (C=O) groups is 2. The second-order valence-corrected chi connectivity index (χ2v) is 13.0. The lowest BCUT2D eigenvalue weighted by atomic mass is 9.96. The number of imidazole rings is 1. The molecule has 0 spiro atoms. The Morgan fingerprint density at radius 3 is 2.71 bits per heavy atom. The number of carbonyl (C=O) groups excluding carboxylic acids is 1. The Balaban J connectivity index is 1.17. The normalized spacial score (nSPS) is 17.7. The molecule has 11 nitrogen and oxygen atoms in total. The number of aromatic nitrogens is 3. The van der Waals surface area contributed by atoms with E-state index in [1.165, 1.54) is 0 Å². The molecule has 0 aliphatic carbocycles. The zero-order valence-electron chi connectivity index (χ0n) is 26.8. The van der Waals surface area contributed by atoms with Crippen LogP contribution in [0.15, 0.2) is 52.9 Å². The van der Waals surface area contributed by atoms with Crippen molar-refractivity contribution in [3.63, 3.8) is 0 Å². The Morgan fingerprint density at radius 1 is 1.17 bits per heavy atom. The highest BCUT2D eigenvalue weighted by atomic mass is 35.5. The third-order valence-electron chi connectivity index (χ3n) is 9.42. The van der Waals surface area contributed by atoms with E-state index in [9.17, 15) is 20.0 Å². The van der Waals surface area contributed by atoms with E-state index in [1.54, 1.807) is 12.1 Å². The summed E-state index contributed by atoms with van der Waals surface area (Å²) in [5.74, 6) is -0.798. The van der Waals surface area contributed by atoms with Crippen molar-refractivity contribution in [3.05, 3.63) is 87.5 Å². The molecule has 244 valence electrons. The summed E-state index contributed by atoms with van der Waals surface area (Å²) in [5, 5.41) is 26.1. The third kappa shape index (κ3) is 5.72. The van der Waals surface area contributed by atoms with E-state index in [-0.39, 0.29) is 11.8 Å². The number of nitrogens with zero attached hydrogens (tertiary/aromatic N) is 5. The number of halogens is 1. The van der Waals surface area contributed by atoms with Gasteiger partial charge in [0.05, 0.1) is 27.9 Å². The van der Waals surface area contributed by atoms with Crippen molar-refractivity contribution in [3.8, 4) is 28.7 Å². The van der Waals surface area contributed by atoms with Crippen LogP contribution in [-0.2, 0) is 31.4 Å². The molecule has 48 heavy (non-hydrogen) atoms. The molecule has 5 aromatic rings. The highest BCUT2D eigenvalue weighted by Crippen LogP contribution is 2.39. The van der Waals surface area contributed by atoms with Gasteiger partial charge in [-0.1, -0.05) is 35.9 Å². The van der Waals surface area contributed by atoms with Gasteiger partial charge in [-0.05, 0) is 67.8 Å². The molecule has 1 unspecified atom stereocenters. The van der Waals surface area contributed by atoms with Gasteiger partial charge < -0.3 is 24.7 Å². The number of carboxylic acids is 1. The summed E-state index contributed by atoms with van der Waals surface area (Å²) in [6, 6.07) is 17.5. The van der Waals surface area contributed by atoms with Crippen molar-refractivity contribution in [1.29, 1.82) is 5.26 Å². The van der Waals surface area contributed by atoms with E-state index in [0.29, 0.717) is 77.7 Å². The van der Waals surface area contributed by atoms with Crippen molar-refractivity contribution in [2.24, 2.45) is 13.0 Å². The second-order valence-electron chi connectivity index (χ2n) is 12.7. The highest BCUT2D eigenvalue weighted by molar-refractivity contribution is 6.36. The molecular weight excluding hydrogens is 630 g/mol. The molecule has 2 aliphatic heterocycles. The molecule has 3 aromatic carbocycles. The molecule has 2 aliphatic rings. The monoisotopic (exact) mass is 663 g/mol. The van der Waals surface area contributed by atoms with Crippen molar-refractivity contribution in [1.82, 2.24) is 24.8 Å². The molecule has 2 aromatic heterocycles. The molecule has 3 N–H and O–H groups in total.